The lowest BCUT2D eigenvalue weighted by atomic mass is 9.83. The fourth-order valence-corrected chi connectivity index (χ4v) is 4.59. The topological polar surface area (TPSA) is 0 Å². The smallest absolute Gasteiger partial charge is 0.0136 e. The molecule has 0 heterocycles. The maximum Gasteiger partial charge on any atom is 0.0136 e. The highest BCUT2D eigenvalue weighted by atomic mass is 14.2. The van der Waals surface area contributed by atoms with E-state index in [0.29, 0.717) is 5.92 Å². The van der Waals surface area contributed by atoms with Crippen LogP contribution in [-0.4, -0.2) is 0 Å². The van der Waals surface area contributed by atoms with Crippen molar-refractivity contribution in [2.45, 2.75) is 19.3 Å². The van der Waals surface area contributed by atoms with Crippen molar-refractivity contribution in [1.29, 1.82) is 0 Å². The van der Waals surface area contributed by atoms with Crippen LogP contribution in [0, 0.1) is 6.92 Å². The summed E-state index contributed by atoms with van der Waals surface area (Å²) in [6, 6.07) is 44.1. The van der Waals surface area contributed by atoms with Crippen molar-refractivity contribution in [1.82, 2.24) is 0 Å². The maximum atomic E-state index is 2.36. The summed E-state index contributed by atoms with van der Waals surface area (Å²) in [6.07, 6.45) is 0.970. The Morgan fingerprint density at radius 1 is 0.581 bits per heavy atom. The minimum absolute atomic E-state index is 0.306. The fourth-order valence-electron chi connectivity index (χ4n) is 4.59. The highest BCUT2D eigenvalue weighted by molar-refractivity contribution is 5.86. The minimum Gasteiger partial charge on any atom is -0.0622 e. The first-order chi connectivity index (χ1) is 15.3. The number of rotatable bonds is 5. The molecule has 1 atom stereocenters. The van der Waals surface area contributed by atoms with Crippen molar-refractivity contribution >= 4 is 10.8 Å². The van der Waals surface area contributed by atoms with E-state index >= 15 is 0 Å². The molecule has 150 valence electrons. The molecule has 0 bridgehead atoms. The molecule has 0 nitrogen and oxygen atoms in total. The highest BCUT2D eigenvalue weighted by Crippen LogP contribution is 2.34. The normalized spacial score (nSPS) is 12.0. The fraction of sp³-hybridized carbons (Fsp3) is 0.0968. The van der Waals surface area contributed by atoms with Crippen LogP contribution in [0.4, 0.5) is 0 Å². The Balaban J connectivity index is 1.58. The summed E-state index contributed by atoms with van der Waals surface area (Å²) in [5.74, 6) is 0.306. The molecule has 0 heteroatoms. The molecule has 0 spiro atoms. The molecule has 5 rings (SSSR count). The van der Waals surface area contributed by atoms with Gasteiger partial charge in [-0.3, -0.25) is 0 Å². The van der Waals surface area contributed by atoms with Crippen LogP contribution in [-0.2, 0) is 6.42 Å². The van der Waals surface area contributed by atoms with E-state index in [-0.39, 0.29) is 0 Å². The number of hydrogen-bond donors (Lipinski definition) is 0. The second-order valence-corrected chi connectivity index (χ2v) is 8.31. The molecule has 0 fully saturated rings. The van der Waals surface area contributed by atoms with E-state index in [9.17, 15) is 0 Å². The van der Waals surface area contributed by atoms with Gasteiger partial charge in [0, 0.05) is 5.92 Å². The van der Waals surface area contributed by atoms with E-state index in [2.05, 4.69) is 128 Å². The first-order valence-corrected chi connectivity index (χ1v) is 11.0. The predicted molar refractivity (Wildman–Crippen MR) is 133 cm³/mol. The lowest BCUT2D eigenvalue weighted by Gasteiger charge is -2.21. The molecule has 5 aromatic rings. The van der Waals surface area contributed by atoms with Crippen molar-refractivity contribution in [3.63, 3.8) is 0 Å². The zero-order valence-corrected chi connectivity index (χ0v) is 17.8. The summed E-state index contributed by atoms with van der Waals surface area (Å²) >= 11 is 0. The van der Waals surface area contributed by atoms with Crippen molar-refractivity contribution < 1.29 is 0 Å². The summed E-state index contributed by atoms with van der Waals surface area (Å²) in [5, 5.41) is 2.64. The Morgan fingerprint density at radius 2 is 1.26 bits per heavy atom. The van der Waals surface area contributed by atoms with Gasteiger partial charge >= 0.3 is 0 Å². The molecule has 1 unspecified atom stereocenters. The largest absolute Gasteiger partial charge is 0.0622 e. The van der Waals surface area contributed by atoms with Gasteiger partial charge in [-0.05, 0) is 51.9 Å². The summed E-state index contributed by atoms with van der Waals surface area (Å²) in [6.45, 7) is 2.15. The molecule has 0 aliphatic carbocycles. The van der Waals surface area contributed by atoms with E-state index in [4.69, 9.17) is 0 Å². The van der Waals surface area contributed by atoms with Gasteiger partial charge in [0.15, 0.2) is 0 Å². The summed E-state index contributed by atoms with van der Waals surface area (Å²) in [4.78, 5) is 0. The van der Waals surface area contributed by atoms with E-state index in [1.807, 2.05) is 0 Å². The van der Waals surface area contributed by atoms with Gasteiger partial charge in [-0.2, -0.15) is 0 Å². The highest BCUT2D eigenvalue weighted by Gasteiger charge is 2.17. The van der Waals surface area contributed by atoms with Crippen molar-refractivity contribution in [3.05, 3.63) is 144 Å². The van der Waals surface area contributed by atoms with Gasteiger partial charge < -0.3 is 0 Å². The van der Waals surface area contributed by atoms with E-state index < -0.39 is 0 Å². The van der Waals surface area contributed by atoms with Crippen LogP contribution in [0.15, 0.2) is 121 Å². The molecule has 0 aromatic heterocycles. The predicted octanol–water partition coefficient (Wildman–Crippen LogP) is 8.19. The lowest BCUT2D eigenvalue weighted by Crippen LogP contribution is -2.06. The third-order valence-electron chi connectivity index (χ3n) is 6.12. The number of fused-ring (bicyclic) bond motifs is 1. The van der Waals surface area contributed by atoms with Crippen LogP contribution >= 0.6 is 0 Å². The van der Waals surface area contributed by atoms with Crippen molar-refractivity contribution in [2.75, 3.05) is 0 Å². The van der Waals surface area contributed by atoms with Gasteiger partial charge in [-0.1, -0.05) is 127 Å². The molecule has 0 saturated heterocycles. The molecule has 0 radical (unpaired) electrons. The van der Waals surface area contributed by atoms with Crippen LogP contribution in [0.5, 0.6) is 0 Å². The summed E-state index contributed by atoms with van der Waals surface area (Å²) in [7, 11) is 0. The molecular formula is C31H26. The van der Waals surface area contributed by atoms with Crippen LogP contribution in [0.1, 0.15) is 28.2 Å². The van der Waals surface area contributed by atoms with Crippen molar-refractivity contribution in [3.8, 4) is 11.1 Å². The van der Waals surface area contributed by atoms with Crippen LogP contribution in [0.25, 0.3) is 21.9 Å². The monoisotopic (exact) mass is 398 g/mol. The standard InChI is InChI=1S/C31H26/c1-23-10-7-16-27(20-23)28-17-8-11-24(21-28)22-31(26-12-3-2-4-13-26)30-19-9-15-25-14-5-6-18-29(25)30/h2-21,31H,22H2,1H3. The molecule has 0 saturated carbocycles. The SMILES string of the molecule is Cc1cccc(-c2cccc(CC(c3ccccc3)c3cccc4ccccc34)c2)c1. The van der Waals surface area contributed by atoms with E-state index in [1.54, 1.807) is 0 Å². The van der Waals surface area contributed by atoms with Crippen LogP contribution < -0.4 is 0 Å². The molecular weight excluding hydrogens is 372 g/mol. The summed E-state index contributed by atoms with van der Waals surface area (Å²) in [5.41, 5.74) is 7.97. The van der Waals surface area contributed by atoms with Crippen LogP contribution in [0.2, 0.25) is 0 Å². The van der Waals surface area contributed by atoms with Gasteiger partial charge in [0.2, 0.25) is 0 Å². The van der Waals surface area contributed by atoms with Gasteiger partial charge in [0.1, 0.15) is 0 Å². The minimum atomic E-state index is 0.306. The Morgan fingerprint density at radius 3 is 2.10 bits per heavy atom. The van der Waals surface area contributed by atoms with Gasteiger partial charge in [-0.15, -0.1) is 0 Å². The molecule has 31 heavy (non-hydrogen) atoms. The second kappa shape index (κ2) is 8.62. The lowest BCUT2D eigenvalue weighted by molar-refractivity contribution is 0.812. The maximum absolute atomic E-state index is 2.36. The molecule has 0 amide bonds. The van der Waals surface area contributed by atoms with Crippen molar-refractivity contribution in [2.24, 2.45) is 0 Å². The van der Waals surface area contributed by atoms with Gasteiger partial charge in [0.25, 0.3) is 0 Å². The number of hydrogen-bond acceptors (Lipinski definition) is 0. The third kappa shape index (κ3) is 4.15. The molecule has 5 aromatic carbocycles. The van der Waals surface area contributed by atoms with E-state index in [1.165, 1.54) is 44.2 Å². The van der Waals surface area contributed by atoms with Gasteiger partial charge in [0.05, 0.1) is 0 Å². The zero-order valence-electron chi connectivity index (χ0n) is 17.8. The van der Waals surface area contributed by atoms with E-state index in [0.717, 1.165) is 6.42 Å². The Kier molecular flexibility index (Phi) is 5.37. The first-order valence-electron chi connectivity index (χ1n) is 11.0. The Bertz CT molecular complexity index is 1310. The average molecular weight is 399 g/mol. The Hall–Kier alpha value is -3.64. The Labute approximate surface area is 184 Å². The molecule has 0 N–H and O–H groups in total. The first kappa shape index (κ1) is 19.3. The van der Waals surface area contributed by atoms with Gasteiger partial charge in [-0.25, -0.2) is 0 Å². The molecule has 0 aliphatic heterocycles. The third-order valence-corrected chi connectivity index (χ3v) is 6.12. The zero-order chi connectivity index (χ0) is 21.0. The number of benzene rings is 5. The molecule has 0 aliphatic rings. The second-order valence-electron chi connectivity index (χ2n) is 8.31. The quantitative estimate of drug-likeness (QED) is 0.280. The number of aryl methyl sites for hydroxylation is 1. The average Bonchev–Trinajstić information content (AvgIpc) is 2.83. The summed E-state index contributed by atoms with van der Waals surface area (Å²) < 4.78 is 0. The van der Waals surface area contributed by atoms with Crippen LogP contribution in [0.3, 0.4) is 0 Å².